The molecule has 11 heteroatoms. The second-order valence-corrected chi connectivity index (χ2v) is 17.6. The van der Waals surface area contributed by atoms with Crippen LogP contribution in [0.15, 0.2) is 97.2 Å². The first kappa shape index (κ1) is 57.9. The van der Waals surface area contributed by atoms with Gasteiger partial charge in [-0.3, -0.25) is 14.2 Å². The molecule has 0 spiro atoms. The van der Waals surface area contributed by atoms with Crippen LogP contribution in [0.1, 0.15) is 149 Å². The molecule has 10 nitrogen and oxygen atoms in total. The van der Waals surface area contributed by atoms with E-state index in [0.29, 0.717) is 17.4 Å². The molecule has 0 heterocycles. The molecule has 0 aromatic carbocycles. The van der Waals surface area contributed by atoms with Crippen molar-refractivity contribution in [2.75, 3.05) is 47.5 Å². The summed E-state index contributed by atoms with van der Waals surface area (Å²) in [4.78, 5) is 37.6. The number of carbonyl (C=O) groups excluding carboxylic acids is 2. The first-order valence-electron chi connectivity index (χ1n) is 23.1. The van der Waals surface area contributed by atoms with E-state index < -0.39 is 38.6 Å². The molecule has 1 N–H and O–H groups in total. The van der Waals surface area contributed by atoms with Gasteiger partial charge in [-0.25, -0.2) is 0 Å². The first-order valence-corrected chi connectivity index (χ1v) is 24.5. The molecule has 0 bridgehead atoms. The number of aliphatic hydroxyl groups excluding tert-OH is 1. The Hall–Kier alpha value is -3.11. The van der Waals surface area contributed by atoms with Gasteiger partial charge in [0, 0.05) is 12.8 Å². The molecule has 0 saturated carbocycles. The molecule has 2 unspecified atom stereocenters. The number of ether oxygens (including phenoxy) is 2. The van der Waals surface area contributed by atoms with Gasteiger partial charge in [0.25, 0.3) is 7.82 Å². The first-order chi connectivity index (χ1) is 29.4. The molecule has 0 aromatic rings. The maximum atomic E-state index is 12.7. The minimum Gasteiger partial charge on any atom is -0.756 e. The van der Waals surface area contributed by atoms with Crippen LogP contribution in [0.25, 0.3) is 0 Å². The van der Waals surface area contributed by atoms with Crippen LogP contribution in [-0.2, 0) is 32.7 Å². The fourth-order valence-electron chi connectivity index (χ4n) is 5.56. The van der Waals surface area contributed by atoms with Gasteiger partial charge in [-0.05, 0) is 77.0 Å². The molecule has 348 valence electrons. The molecule has 61 heavy (non-hydrogen) atoms. The highest BCUT2D eigenvalue weighted by Gasteiger charge is 2.22. The molecule has 3 atom stereocenters. The van der Waals surface area contributed by atoms with Gasteiger partial charge in [-0.2, -0.15) is 0 Å². The number of carbonyl (C=O) groups is 2. The van der Waals surface area contributed by atoms with Crippen LogP contribution in [0.2, 0.25) is 0 Å². The Labute approximate surface area is 371 Å². The van der Waals surface area contributed by atoms with Gasteiger partial charge in [0.15, 0.2) is 6.10 Å². The number of phosphoric acid groups is 1. The van der Waals surface area contributed by atoms with Gasteiger partial charge in [0.1, 0.15) is 19.8 Å². The highest BCUT2D eigenvalue weighted by molar-refractivity contribution is 7.45. The van der Waals surface area contributed by atoms with E-state index in [1.54, 1.807) is 12.2 Å². The SMILES string of the molecule is CC/C=C\C/C=C\C/C=C\C/C=C\C/C=C\C=C/C(O)CCC(=O)OC[C@H](COP(=O)([O-])OCC[N+](C)(C)C)OC(=O)CCCCCCCCC/C=C\C/C=C\CCCCC. The van der Waals surface area contributed by atoms with E-state index in [1.807, 2.05) is 33.3 Å². The quantitative estimate of drug-likeness (QED) is 0.0160. The number of hydrogen-bond donors (Lipinski definition) is 1. The van der Waals surface area contributed by atoms with Crippen LogP contribution in [0.4, 0.5) is 0 Å². The third-order valence-corrected chi connectivity index (χ3v) is 10.2. The predicted molar refractivity (Wildman–Crippen MR) is 251 cm³/mol. The van der Waals surface area contributed by atoms with Crippen LogP contribution in [-0.4, -0.2) is 81.2 Å². The van der Waals surface area contributed by atoms with Crippen molar-refractivity contribution in [3.63, 3.8) is 0 Å². The van der Waals surface area contributed by atoms with E-state index >= 15 is 0 Å². The minimum atomic E-state index is -4.69. The number of unbranched alkanes of at least 4 members (excludes halogenated alkanes) is 10. The van der Waals surface area contributed by atoms with Crippen molar-refractivity contribution in [3.8, 4) is 0 Å². The van der Waals surface area contributed by atoms with Crippen molar-refractivity contribution in [1.29, 1.82) is 0 Å². The molecule has 0 rings (SSSR count). The number of rotatable bonds is 40. The van der Waals surface area contributed by atoms with E-state index in [1.165, 1.54) is 38.5 Å². The lowest BCUT2D eigenvalue weighted by Gasteiger charge is -2.28. The molecule has 0 saturated heterocycles. The zero-order valence-corrected chi connectivity index (χ0v) is 39.6. The number of phosphoric ester groups is 1. The molecular weight excluding hydrogens is 790 g/mol. The summed E-state index contributed by atoms with van der Waals surface area (Å²) in [6, 6.07) is 0. The van der Waals surface area contributed by atoms with E-state index in [0.717, 1.165) is 70.6 Å². The number of likely N-dealkylation sites (N-methyl/N-ethyl adjacent to an activating group) is 1. The van der Waals surface area contributed by atoms with Crippen molar-refractivity contribution in [1.82, 2.24) is 0 Å². The van der Waals surface area contributed by atoms with Gasteiger partial charge < -0.3 is 33.0 Å². The summed E-state index contributed by atoms with van der Waals surface area (Å²) in [6.07, 6.45) is 50.5. The molecule has 0 aromatic heterocycles. The summed E-state index contributed by atoms with van der Waals surface area (Å²) in [7, 11) is 1.02. The predicted octanol–water partition coefficient (Wildman–Crippen LogP) is 11.7. The number of allylic oxidation sites excluding steroid dienone is 15. The number of nitrogens with zero attached hydrogens (tertiary/aromatic N) is 1. The zero-order chi connectivity index (χ0) is 45.1. The summed E-state index contributed by atoms with van der Waals surface area (Å²) in [6.45, 7) is 3.78. The lowest BCUT2D eigenvalue weighted by Crippen LogP contribution is -2.37. The molecule has 0 aliphatic rings. The Bertz CT molecular complexity index is 1370. The number of hydrogen-bond acceptors (Lipinski definition) is 9. The summed E-state index contributed by atoms with van der Waals surface area (Å²) in [5, 5.41) is 10.3. The van der Waals surface area contributed by atoms with Crippen LogP contribution in [0.5, 0.6) is 0 Å². The summed E-state index contributed by atoms with van der Waals surface area (Å²) < 4.78 is 33.7. The van der Waals surface area contributed by atoms with Crippen molar-refractivity contribution >= 4 is 19.8 Å². The van der Waals surface area contributed by atoms with Gasteiger partial charge in [0.2, 0.25) is 0 Å². The van der Waals surface area contributed by atoms with Gasteiger partial charge >= 0.3 is 11.9 Å². The maximum Gasteiger partial charge on any atom is 0.306 e. The lowest BCUT2D eigenvalue weighted by molar-refractivity contribution is -0.870. The van der Waals surface area contributed by atoms with Crippen molar-refractivity contribution in [2.45, 2.75) is 161 Å². The van der Waals surface area contributed by atoms with E-state index in [4.69, 9.17) is 18.5 Å². The van der Waals surface area contributed by atoms with E-state index in [-0.39, 0.29) is 32.5 Å². The summed E-state index contributed by atoms with van der Waals surface area (Å²) in [5.41, 5.74) is 0. The Morgan fingerprint density at radius 3 is 1.72 bits per heavy atom. The largest absolute Gasteiger partial charge is 0.756 e. The average Bonchev–Trinajstić information content (AvgIpc) is 3.21. The standard InChI is InChI=1S/C50H84NO9P/c1-6-8-10-12-14-16-18-20-22-24-26-28-30-32-34-36-38-40-50(54)60-48(46-59-61(55,56)58-44-43-51(3,4)5)45-57-49(53)42-41-47(52)39-37-35-33-31-29-27-25-23-21-19-17-15-13-11-9-7-2/h9,11,14-17,20-23,27,29,33,35,37,39,47-48,52H,6-8,10,12-13,18-19,24-26,28,30-32,34,36,38,40-46H2,1-5H3/b11-9-,16-14-,17-15-,22-20-,23-21-,29-27-,35-33-,39-37-/t47?,48-/m1/s1. The molecule has 0 aliphatic heterocycles. The average molecular weight is 874 g/mol. The molecule has 0 radical (unpaired) electrons. The van der Waals surface area contributed by atoms with Crippen LogP contribution >= 0.6 is 7.82 Å². The maximum absolute atomic E-state index is 12.7. The Morgan fingerprint density at radius 1 is 0.623 bits per heavy atom. The number of aliphatic hydroxyl groups is 1. The molecule has 0 fully saturated rings. The van der Waals surface area contributed by atoms with Crippen LogP contribution in [0, 0.1) is 0 Å². The van der Waals surface area contributed by atoms with Gasteiger partial charge in [-0.15, -0.1) is 0 Å². The Morgan fingerprint density at radius 2 is 1.15 bits per heavy atom. The number of esters is 2. The lowest BCUT2D eigenvalue weighted by atomic mass is 10.1. The smallest absolute Gasteiger partial charge is 0.306 e. The normalized spacial score (nSPS) is 14.9. The van der Waals surface area contributed by atoms with E-state index in [9.17, 15) is 24.2 Å². The fourth-order valence-corrected chi connectivity index (χ4v) is 6.29. The van der Waals surface area contributed by atoms with Crippen LogP contribution in [0.3, 0.4) is 0 Å². The van der Waals surface area contributed by atoms with Crippen molar-refractivity contribution < 1.29 is 47.2 Å². The van der Waals surface area contributed by atoms with Gasteiger partial charge in [-0.1, -0.05) is 156 Å². The second kappa shape index (κ2) is 40.9. The third-order valence-electron chi connectivity index (χ3n) is 9.21. The molecular formula is C50H84NO9P. The fraction of sp³-hybridized carbons (Fsp3) is 0.640. The second-order valence-electron chi connectivity index (χ2n) is 16.2. The number of quaternary nitrogens is 1. The highest BCUT2D eigenvalue weighted by atomic mass is 31.2. The van der Waals surface area contributed by atoms with Gasteiger partial charge in [0.05, 0.1) is 33.9 Å². The topological polar surface area (TPSA) is 131 Å². The van der Waals surface area contributed by atoms with E-state index in [2.05, 4.69) is 86.8 Å². The minimum absolute atomic E-state index is 0.0737. The van der Waals surface area contributed by atoms with Crippen molar-refractivity contribution in [2.24, 2.45) is 0 Å². The zero-order valence-electron chi connectivity index (χ0n) is 38.7. The molecule has 0 aliphatic carbocycles. The highest BCUT2D eigenvalue weighted by Crippen LogP contribution is 2.38. The summed E-state index contributed by atoms with van der Waals surface area (Å²) in [5.74, 6) is -1.14. The van der Waals surface area contributed by atoms with Crippen LogP contribution < -0.4 is 4.89 Å². The monoisotopic (exact) mass is 874 g/mol. The Kier molecular flexibility index (Phi) is 38.8. The van der Waals surface area contributed by atoms with Crippen molar-refractivity contribution in [3.05, 3.63) is 97.2 Å². The summed E-state index contributed by atoms with van der Waals surface area (Å²) >= 11 is 0. The Balaban J connectivity index is 4.59. The third kappa shape index (κ3) is 44.7. The molecule has 0 amide bonds.